The van der Waals surface area contributed by atoms with Crippen LogP contribution in [0.4, 0.5) is 8.78 Å². The zero-order valence-electron chi connectivity index (χ0n) is 8.60. The van der Waals surface area contributed by atoms with Crippen molar-refractivity contribution < 1.29 is 13.5 Å². The quantitative estimate of drug-likeness (QED) is 0.801. The van der Waals surface area contributed by atoms with Crippen molar-refractivity contribution in [3.63, 3.8) is 0 Å². The van der Waals surface area contributed by atoms with E-state index in [9.17, 15) is 8.78 Å². The Labute approximate surface area is 82.7 Å². The number of ether oxygens (including phenoxy) is 1. The average molecular weight is 203 g/mol. The van der Waals surface area contributed by atoms with Gasteiger partial charge in [-0.2, -0.15) is 0 Å². The van der Waals surface area contributed by atoms with Gasteiger partial charge in [0.2, 0.25) is 0 Å². The van der Waals surface area contributed by atoms with Crippen LogP contribution in [0.3, 0.4) is 0 Å². The summed E-state index contributed by atoms with van der Waals surface area (Å²) in [5.74, 6) is -1.81. The zero-order valence-corrected chi connectivity index (χ0v) is 8.60. The molecular weight excluding hydrogens is 188 g/mol. The number of hydrogen-bond donors (Lipinski definition) is 1. The average Bonchev–Trinajstić information content (AvgIpc) is 2.22. The summed E-state index contributed by atoms with van der Waals surface area (Å²) < 4.78 is 30.4. The first-order chi connectivity index (χ1) is 6.70. The van der Waals surface area contributed by atoms with Crippen LogP contribution in [-0.2, 0) is 6.54 Å². The minimum atomic E-state index is -0.722. The molecule has 0 bridgehead atoms. The van der Waals surface area contributed by atoms with Gasteiger partial charge in [-0.25, -0.2) is 8.78 Å². The fourth-order valence-corrected chi connectivity index (χ4v) is 0.918. The van der Waals surface area contributed by atoms with Gasteiger partial charge in [0.1, 0.15) is 0 Å². The number of benzene rings is 1. The predicted molar refractivity (Wildman–Crippen MR) is 52.1 cm³/mol. The molecule has 14 heavy (non-hydrogen) atoms. The molecule has 0 unspecified atom stereocenters. The van der Waals surface area contributed by atoms with Crippen molar-refractivity contribution in [1.29, 1.82) is 0 Å². The van der Waals surface area contributed by atoms with E-state index in [4.69, 9.17) is 5.73 Å². The molecule has 0 atom stereocenters. The van der Waals surface area contributed by atoms with Crippen LogP contribution in [0.1, 0.15) is 19.4 Å². The molecule has 1 rings (SSSR count). The number of nitrogens with two attached hydrogens (primary N) is 1. The minimum Gasteiger partial charge on any atom is -0.491 e. The van der Waals surface area contributed by atoms with E-state index >= 15 is 0 Å². The fourth-order valence-electron chi connectivity index (χ4n) is 0.918. The lowest BCUT2D eigenvalue weighted by atomic mass is 10.2. The van der Waals surface area contributed by atoms with Crippen LogP contribution in [-0.4, -0.2) is 7.11 Å². The molecule has 80 valence electrons. The summed E-state index contributed by atoms with van der Waals surface area (Å²) in [4.78, 5) is 0. The Morgan fingerprint density at radius 2 is 1.86 bits per heavy atom. The highest BCUT2D eigenvalue weighted by Gasteiger charge is 2.12. The lowest BCUT2D eigenvalue weighted by Gasteiger charge is -2.05. The van der Waals surface area contributed by atoms with Crippen LogP contribution in [0, 0.1) is 11.6 Å². The largest absolute Gasteiger partial charge is 0.491 e. The van der Waals surface area contributed by atoms with E-state index in [2.05, 4.69) is 4.74 Å². The second-order valence-electron chi connectivity index (χ2n) is 2.26. The Hall–Kier alpha value is -1.16. The summed E-state index contributed by atoms with van der Waals surface area (Å²) in [6, 6.07) is 2.43. The van der Waals surface area contributed by atoms with Gasteiger partial charge in [-0.1, -0.05) is 19.9 Å². The van der Waals surface area contributed by atoms with Gasteiger partial charge in [0.25, 0.3) is 0 Å². The topological polar surface area (TPSA) is 35.2 Å². The van der Waals surface area contributed by atoms with Gasteiger partial charge in [-0.15, -0.1) is 0 Å². The summed E-state index contributed by atoms with van der Waals surface area (Å²) >= 11 is 0. The fraction of sp³-hybridized carbons (Fsp3) is 0.400. The Balaban J connectivity index is 0.000000791. The molecule has 0 spiro atoms. The van der Waals surface area contributed by atoms with Crippen LogP contribution in [0.5, 0.6) is 5.75 Å². The summed E-state index contributed by atoms with van der Waals surface area (Å²) in [6.07, 6.45) is 0. The molecule has 1 aromatic rings. The van der Waals surface area contributed by atoms with Crippen molar-refractivity contribution in [3.05, 3.63) is 29.3 Å². The van der Waals surface area contributed by atoms with Gasteiger partial charge >= 0.3 is 0 Å². The monoisotopic (exact) mass is 203 g/mol. The first-order valence-corrected chi connectivity index (χ1v) is 4.41. The van der Waals surface area contributed by atoms with Crippen molar-refractivity contribution >= 4 is 0 Å². The van der Waals surface area contributed by atoms with Crippen LogP contribution < -0.4 is 10.5 Å². The lowest BCUT2D eigenvalue weighted by molar-refractivity contribution is 0.357. The third kappa shape index (κ3) is 2.67. The highest BCUT2D eigenvalue weighted by Crippen LogP contribution is 2.23. The van der Waals surface area contributed by atoms with Crippen molar-refractivity contribution in [1.82, 2.24) is 0 Å². The number of hydrogen-bond acceptors (Lipinski definition) is 2. The highest BCUT2D eigenvalue weighted by atomic mass is 19.1. The van der Waals surface area contributed by atoms with Crippen LogP contribution in [0.25, 0.3) is 0 Å². The molecule has 0 aliphatic carbocycles. The molecule has 0 amide bonds. The van der Waals surface area contributed by atoms with Gasteiger partial charge in [-0.3, -0.25) is 0 Å². The lowest BCUT2D eigenvalue weighted by Crippen LogP contribution is -2.02. The van der Waals surface area contributed by atoms with Gasteiger partial charge < -0.3 is 10.5 Å². The molecule has 0 saturated heterocycles. The van der Waals surface area contributed by atoms with E-state index in [1.165, 1.54) is 13.2 Å². The molecule has 0 radical (unpaired) electrons. The van der Waals surface area contributed by atoms with Crippen LogP contribution >= 0.6 is 0 Å². The second-order valence-corrected chi connectivity index (χ2v) is 2.26. The summed E-state index contributed by atoms with van der Waals surface area (Å²) in [5, 5.41) is 0. The Morgan fingerprint density at radius 3 is 2.29 bits per heavy atom. The van der Waals surface area contributed by atoms with Crippen LogP contribution in [0.15, 0.2) is 12.1 Å². The number of methoxy groups -OCH3 is 1. The Bertz CT molecular complexity index is 290. The van der Waals surface area contributed by atoms with Crippen molar-refractivity contribution in [2.45, 2.75) is 20.4 Å². The molecule has 0 aliphatic rings. The van der Waals surface area contributed by atoms with E-state index in [1.807, 2.05) is 13.8 Å². The molecule has 0 saturated carbocycles. The minimum absolute atomic E-state index is 0.0302. The van der Waals surface area contributed by atoms with E-state index in [0.717, 1.165) is 6.07 Å². The van der Waals surface area contributed by atoms with Crippen LogP contribution in [0.2, 0.25) is 0 Å². The van der Waals surface area contributed by atoms with Gasteiger partial charge in [0, 0.05) is 12.1 Å². The molecule has 4 heteroatoms. The smallest absolute Gasteiger partial charge is 0.190 e. The first kappa shape index (κ1) is 12.8. The zero-order chi connectivity index (χ0) is 11.1. The summed E-state index contributed by atoms with van der Waals surface area (Å²) in [6.45, 7) is 4.03. The molecule has 2 nitrogen and oxygen atoms in total. The third-order valence-electron chi connectivity index (χ3n) is 1.55. The van der Waals surface area contributed by atoms with Crippen molar-refractivity contribution in [3.8, 4) is 5.75 Å². The molecule has 0 fully saturated rings. The highest BCUT2D eigenvalue weighted by molar-refractivity contribution is 5.32. The van der Waals surface area contributed by atoms with Gasteiger partial charge in [0.05, 0.1) is 7.11 Å². The molecule has 0 aliphatic heterocycles. The summed E-state index contributed by atoms with van der Waals surface area (Å²) in [7, 11) is 1.21. The Kier molecular flexibility index (Phi) is 5.79. The SMILES string of the molecule is CC.COc1c(F)ccc(CN)c1F. The molecule has 1 aromatic carbocycles. The maximum Gasteiger partial charge on any atom is 0.190 e. The molecule has 2 N–H and O–H groups in total. The first-order valence-electron chi connectivity index (χ1n) is 4.41. The molecule has 0 heterocycles. The second kappa shape index (κ2) is 6.32. The van der Waals surface area contributed by atoms with E-state index in [1.54, 1.807) is 0 Å². The van der Waals surface area contributed by atoms with Gasteiger partial charge in [0.15, 0.2) is 17.4 Å². The van der Waals surface area contributed by atoms with E-state index < -0.39 is 11.6 Å². The van der Waals surface area contributed by atoms with Crippen molar-refractivity contribution in [2.24, 2.45) is 5.73 Å². The van der Waals surface area contributed by atoms with E-state index in [-0.39, 0.29) is 17.9 Å². The normalized spacial score (nSPS) is 9.00. The number of halogens is 2. The van der Waals surface area contributed by atoms with Crippen molar-refractivity contribution in [2.75, 3.05) is 7.11 Å². The predicted octanol–water partition coefficient (Wildman–Crippen LogP) is 2.46. The maximum atomic E-state index is 13.1. The number of rotatable bonds is 2. The Morgan fingerprint density at radius 1 is 1.29 bits per heavy atom. The van der Waals surface area contributed by atoms with E-state index in [0.29, 0.717) is 0 Å². The molecule has 0 aromatic heterocycles. The maximum absolute atomic E-state index is 13.1. The molecular formula is C10H15F2NO. The third-order valence-corrected chi connectivity index (χ3v) is 1.55. The standard InChI is InChI=1S/C8H9F2NO.C2H6/c1-12-8-6(9)3-2-5(4-11)7(8)10;1-2/h2-3H,4,11H2,1H3;1-2H3. The summed E-state index contributed by atoms with van der Waals surface area (Å²) in [5.41, 5.74) is 5.45. The van der Waals surface area contributed by atoms with Gasteiger partial charge in [-0.05, 0) is 6.07 Å².